The van der Waals surface area contributed by atoms with Gasteiger partial charge >= 0.3 is 0 Å². The SMILES string of the molecule is Cc1ccc(-c2ccc(N(c3ccc(C)cc3)c3ccc(C4(c5ccc(C)cc5)CCCCC4)cc3)cc2)cc1. The molecule has 0 N–H and O–H groups in total. The summed E-state index contributed by atoms with van der Waals surface area (Å²) in [6.07, 6.45) is 6.36. The molecule has 40 heavy (non-hydrogen) atoms. The van der Waals surface area contributed by atoms with E-state index in [9.17, 15) is 0 Å². The first-order valence-electron chi connectivity index (χ1n) is 14.7. The van der Waals surface area contributed by atoms with Gasteiger partial charge in [-0.05, 0) is 92.3 Å². The van der Waals surface area contributed by atoms with Crippen molar-refractivity contribution in [2.24, 2.45) is 0 Å². The van der Waals surface area contributed by atoms with E-state index in [0.29, 0.717) is 0 Å². The first-order chi connectivity index (χ1) is 19.5. The molecule has 0 atom stereocenters. The largest absolute Gasteiger partial charge is 0.311 e. The Balaban J connectivity index is 1.38. The first-order valence-corrected chi connectivity index (χ1v) is 14.7. The molecule has 1 aliphatic carbocycles. The molecule has 0 aliphatic heterocycles. The average molecular weight is 522 g/mol. The maximum absolute atomic E-state index is 2.39. The van der Waals surface area contributed by atoms with E-state index >= 15 is 0 Å². The summed E-state index contributed by atoms with van der Waals surface area (Å²) in [5.74, 6) is 0. The molecule has 5 aromatic carbocycles. The Hall–Kier alpha value is -4.10. The standard InChI is InChI=1S/C39H39N/c1-29-7-13-32(14-8-29)33-15-23-37(24-16-33)40(36-21-11-31(3)12-22-36)38-25-19-35(20-26-38)39(27-5-4-6-28-39)34-17-9-30(2)10-18-34/h7-26H,4-6,27-28H2,1-3H3. The van der Waals surface area contributed by atoms with Gasteiger partial charge in [-0.2, -0.15) is 0 Å². The van der Waals surface area contributed by atoms with E-state index in [4.69, 9.17) is 0 Å². The van der Waals surface area contributed by atoms with Gasteiger partial charge in [-0.3, -0.25) is 0 Å². The number of nitrogens with zero attached hydrogens (tertiary/aromatic N) is 1. The highest BCUT2D eigenvalue weighted by atomic mass is 15.1. The summed E-state index contributed by atoms with van der Waals surface area (Å²) in [4.78, 5) is 2.38. The molecule has 1 aliphatic rings. The van der Waals surface area contributed by atoms with Crippen molar-refractivity contribution in [2.45, 2.75) is 58.3 Å². The van der Waals surface area contributed by atoms with E-state index in [1.165, 1.54) is 88.1 Å². The van der Waals surface area contributed by atoms with Crippen LogP contribution in [0.25, 0.3) is 11.1 Å². The minimum absolute atomic E-state index is 0.106. The molecule has 0 heterocycles. The highest BCUT2D eigenvalue weighted by Gasteiger charge is 2.35. The number of benzene rings is 5. The number of anilines is 3. The predicted octanol–water partition coefficient (Wildman–Crippen LogP) is 11.0. The molecule has 200 valence electrons. The van der Waals surface area contributed by atoms with Gasteiger partial charge in [0.25, 0.3) is 0 Å². The number of hydrogen-bond donors (Lipinski definition) is 0. The number of hydrogen-bond acceptors (Lipinski definition) is 1. The Morgan fingerprint density at radius 3 is 1.20 bits per heavy atom. The second-order valence-corrected chi connectivity index (χ2v) is 11.6. The number of rotatable bonds is 6. The summed E-state index contributed by atoms with van der Waals surface area (Å²) < 4.78 is 0. The van der Waals surface area contributed by atoms with Crippen molar-refractivity contribution in [3.8, 4) is 11.1 Å². The van der Waals surface area contributed by atoms with E-state index < -0.39 is 0 Å². The van der Waals surface area contributed by atoms with Crippen molar-refractivity contribution in [1.82, 2.24) is 0 Å². The quantitative estimate of drug-likeness (QED) is 0.215. The molecule has 1 nitrogen and oxygen atoms in total. The summed E-state index contributed by atoms with van der Waals surface area (Å²) in [7, 11) is 0. The molecular formula is C39H39N. The third-order valence-corrected chi connectivity index (χ3v) is 8.79. The van der Waals surface area contributed by atoms with E-state index in [1.54, 1.807) is 0 Å². The van der Waals surface area contributed by atoms with E-state index in [0.717, 1.165) is 0 Å². The van der Waals surface area contributed by atoms with Gasteiger partial charge in [0.1, 0.15) is 0 Å². The number of aryl methyl sites for hydroxylation is 3. The van der Waals surface area contributed by atoms with Crippen LogP contribution in [0, 0.1) is 20.8 Å². The lowest BCUT2D eigenvalue weighted by atomic mass is 9.65. The second-order valence-electron chi connectivity index (χ2n) is 11.6. The maximum atomic E-state index is 2.39. The Morgan fingerprint density at radius 1 is 0.400 bits per heavy atom. The van der Waals surface area contributed by atoms with Crippen molar-refractivity contribution < 1.29 is 0 Å². The highest BCUT2D eigenvalue weighted by molar-refractivity contribution is 5.78. The van der Waals surface area contributed by atoms with Crippen LogP contribution >= 0.6 is 0 Å². The molecule has 0 bridgehead atoms. The zero-order valence-corrected chi connectivity index (χ0v) is 24.0. The van der Waals surface area contributed by atoms with Gasteiger partial charge < -0.3 is 4.90 Å². The van der Waals surface area contributed by atoms with Gasteiger partial charge in [0.15, 0.2) is 0 Å². The molecule has 1 heteroatoms. The summed E-state index contributed by atoms with van der Waals surface area (Å²) >= 11 is 0. The Morgan fingerprint density at radius 2 is 0.725 bits per heavy atom. The van der Waals surface area contributed by atoms with Crippen LogP contribution in [0.1, 0.15) is 59.9 Å². The smallest absolute Gasteiger partial charge is 0.0462 e. The molecule has 0 aromatic heterocycles. The fourth-order valence-electron chi connectivity index (χ4n) is 6.39. The molecule has 0 amide bonds. The van der Waals surface area contributed by atoms with E-state index in [2.05, 4.69) is 147 Å². The molecule has 1 fully saturated rings. The van der Waals surface area contributed by atoms with Crippen molar-refractivity contribution in [3.63, 3.8) is 0 Å². The summed E-state index contributed by atoms with van der Waals surface area (Å²) in [5.41, 5.74) is 12.9. The van der Waals surface area contributed by atoms with Gasteiger partial charge in [-0.15, -0.1) is 0 Å². The monoisotopic (exact) mass is 521 g/mol. The third kappa shape index (κ3) is 5.21. The van der Waals surface area contributed by atoms with Gasteiger partial charge in [-0.25, -0.2) is 0 Å². The van der Waals surface area contributed by atoms with Crippen LogP contribution in [0.4, 0.5) is 17.1 Å². The van der Waals surface area contributed by atoms with Crippen LogP contribution in [-0.2, 0) is 5.41 Å². The minimum atomic E-state index is 0.106. The molecule has 0 spiro atoms. The topological polar surface area (TPSA) is 3.24 Å². The molecule has 0 saturated heterocycles. The van der Waals surface area contributed by atoms with E-state index in [1.807, 2.05) is 0 Å². The molecular weight excluding hydrogens is 482 g/mol. The van der Waals surface area contributed by atoms with Crippen molar-refractivity contribution in [3.05, 3.63) is 149 Å². The van der Waals surface area contributed by atoms with Crippen LogP contribution in [0.15, 0.2) is 121 Å². The van der Waals surface area contributed by atoms with Crippen molar-refractivity contribution >= 4 is 17.1 Å². The Bertz CT molecular complexity index is 1540. The second kappa shape index (κ2) is 11.2. The molecule has 0 unspecified atom stereocenters. The lowest BCUT2D eigenvalue weighted by molar-refractivity contribution is 0.346. The van der Waals surface area contributed by atoms with Gasteiger partial charge in [0, 0.05) is 22.5 Å². The van der Waals surface area contributed by atoms with Crippen molar-refractivity contribution in [1.29, 1.82) is 0 Å². The zero-order valence-electron chi connectivity index (χ0n) is 24.0. The highest BCUT2D eigenvalue weighted by Crippen LogP contribution is 2.46. The molecule has 5 aromatic rings. The van der Waals surface area contributed by atoms with Gasteiger partial charge in [0.2, 0.25) is 0 Å². The molecule has 1 saturated carbocycles. The lowest BCUT2D eigenvalue weighted by Gasteiger charge is -2.39. The van der Waals surface area contributed by atoms with Crippen molar-refractivity contribution in [2.75, 3.05) is 4.90 Å². The van der Waals surface area contributed by atoms with E-state index in [-0.39, 0.29) is 5.41 Å². The Kier molecular flexibility index (Phi) is 7.30. The van der Waals surface area contributed by atoms with Gasteiger partial charge in [-0.1, -0.05) is 121 Å². The maximum Gasteiger partial charge on any atom is 0.0462 e. The Labute approximate surface area is 240 Å². The van der Waals surface area contributed by atoms with Crippen LogP contribution in [0.2, 0.25) is 0 Å². The fraction of sp³-hybridized carbons (Fsp3) is 0.231. The molecule has 6 rings (SSSR count). The summed E-state index contributed by atoms with van der Waals surface area (Å²) in [5, 5.41) is 0. The van der Waals surface area contributed by atoms with Crippen LogP contribution in [-0.4, -0.2) is 0 Å². The fourth-order valence-corrected chi connectivity index (χ4v) is 6.39. The van der Waals surface area contributed by atoms with Crippen LogP contribution < -0.4 is 4.90 Å². The summed E-state index contributed by atoms with van der Waals surface area (Å²) in [6.45, 7) is 6.46. The van der Waals surface area contributed by atoms with Crippen LogP contribution in [0.3, 0.4) is 0 Å². The lowest BCUT2D eigenvalue weighted by Crippen LogP contribution is -2.30. The predicted molar refractivity (Wildman–Crippen MR) is 171 cm³/mol. The minimum Gasteiger partial charge on any atom is -0.311 e. The van der Waals surface area contributed by atoms with Gasteiger partial charge in [0.05, 0.1) is 0 Å². The summed E-state index contributed by atoms with van der Waals surface area (Å²) in [6, 6.07) is 45.3. The molecule has 0 radical (unpaired) electrons. The zero-order chi connectivity index (χ0) is 27.5. The normalized spacial score (nSPS) is 14.6. The third-order valence-electron chi connectivity index (χ3n) is 8.79. The average Bonchev–Trinajstić information content (AvgIpc) is 3.00. The first kappa shape index (κ1) is 26.1. The van der Waals surface area contributed by atoms with Crippen LogP contribution in [0.5, 0.6) is 0 Å².